The highest BCUT2D eigenvalue weighted by Gasteiger charge is 2.40. The van der Waals surface area contributed by atoms with Gasteiger partial charge in [-0.15, -0.1) is 0 Å². The number of fused-ring (bicyclic) bond motifs is 1. The standard InChI is InChI=1S/C22H23N3O5/c1-15(16-9-4-2-5-10-16)23-19(26)13-6-3-7-14-24-21(27)17-11-8-12-18(25(29)30)20(17)22(24)28/h2,4-5,8-12,15H,3,6-7,13-14H2,1H3,(H,23,26)/t15-/m0/s1. The first-order valence-corrected chi connectivity index (χ1v) is 9.88. The minimum Gasteiger partial charge on any atom is -0.350 e. The summed E-state index contributed by atoms with van der Waals surface area (Å²) in [6.45, 7) is 2.10. The normalized spacial score (nSPS) is 13.8. The second-order valence-electron chi connectivity index (χ2n) is 7.23. The van der Waals surface area contributed by atoms with Crippen LogP contribution in [0.15, 0.2) is 48.5 Å². The van der Waals surface area contributed by atoms with Crippen molar-refractivity contribution in [1.29, 1.82) is 0 Å². The predicted octanol–water partition coefficient (Wildman–Crippen LogP) is 3.63. The molecule has 0 fully saturated rings. The zero-order valence-corrected chi connectivity index (χ0v) is 16.7. The summed E-state index contributed by atoms with van der Waals surface area (Å²) in [6, 6.07) is 13.7. The van der Waals surface area contributed by atoms with Gasteiger partial charge in [0.1, 0.15) is 5.56 Å². The number of amides is 3. The van der Waals surface area contributed by atoms with Gasteiger partial charge in [-0.25, -0.2) is 0 Å². The Morgan fingerprint density at radius 3 is 2.47 bits per heavy atom. The quantitative estimate of drug-likeness (QED) is 0.294. The molecule has 0 spiro atoms. The molecule has 1 heterocycles. The Morgan fingerprint density at radius 2 is 1.77 bits per heavy atom. The fraction of sp³-hybridized carbons (Fsp3) is 0.318. The van der Waals surface area contributed by atoms with Crippen LogP contribution in [0.4, 0.5) is 5.69 Å². The molecule has 8 heteroatoms. The van der Waals surface area contributed by atoms with E-state index in [9.17, 15) is 24.5 Å². The molecule has 156 valence electrons. The number of benzene rings is 2. The third-order valence-corrected chi connectivity index (χ3v) is 5.14. The fourth-order valence-corrected chi connectivity index (χ4v) is 3.54. The molecular formula is C22H23N3O5. The molecule has 0 bridgehead atoms. The Hall–Kier alpha value is -3.55. The number of rotatable bonds is 9. The van der Waals surface area contributed by atoms with Crippen LogP contribution in [-0.4, -0.2) is 34.1 Å². The van der Waals surface area contributed by atoms with E-state index in [1.165, 1.54) is 18.2 Å². The van der Waals surface area contributed by atoms with E-state index in [0.717, 1.165) is 10.5 Å². The Bertz CT molecular complexity index is 974. The summed E-state index contributed by atoms with van der Waals surface area (Å²) in [7, 11) is 0. The number of carbonyl (C=O) groups is 3. The van der Waals surface area contributed by atoms with Crippen molar-refractivity contribution < 1.29 is 19.3 Å². The first-order valence-electron chi connectivity index (χ1n) is 9.88. The van der Waals surface area contributed by atoms with Crippen LogP contribution in [0.1, 0.15) is 64.9 Å². The summed E-state index contributed by atoms with van der Waals surface area (Å²) in [6.07, 6.45) is 2.16. The van der Waals surface area contributed by atoms with Crippen LogP contribution in [0.2, 0.25) is 0 Å². The molecule has 3 rings (SSSR count). The van der Waals surface area contributed by atoms with Gasteiger partial charge in [-0.2, -0.15) is 0 Å². The summed E-state index contributed by atoms with van der Waals surface area (Å²) in [5.74, 6) is -1.19. The third kappa shape index (κ3) is 4.53. The Balaban J connectivity index is 1.44. The summed E-state index contributed by atoms with van der Waals surface area (Å²) in [5, 5.41) is 14.1. The van der Waals surface area contributed by atoms with E-state index in [2.05, 4.69) is 5.32 Å². The minimum absolute atomic E-state index is 0.0530. The molecule has 0 unspecified atom stereocenters. The van der Waals surface area contributed by atoms with Crippen LogP contribution in [-0.2, 0) is 4.79 Å². The maximum Gasteiger partial charge on any atom is 0.282 e. The van der Waals surface area contributed by atoms with Gasteiger partial charge in [0.25, 0.3) is 17.5 Å². The summed E-state index contributed by atoms with van der Waals surface area (Å²) in [4.78, 5) is 48.6. The molecule has 0 aliphatic carbocycles. The molecule has 1 aliphatic heterocycles. The van der Waals surface area contributed by atoms with E-state index in [4.69, 9.17) is 0 Å². The molecule has 30 heavy (non-hydrogen) atoms. The summed E-state index contributed by atoms with van der Waals surface area (Å²) >= 11 is 0. The number of nitrogens with zero attached hydrogens (tertiary/aromatic N) is 2. The maximum absolute atomic E-state index is 12.5. The lowest BCUT2D eigenvalue weighted by molar-refractivity contribution is -0.385. The van der Waals surface area contributed by atoms with Gasteiger partial charge in [-0.3, -0.25) is 29.4 Å². The highest BCUT2D eigenvalue weighted by atomic mass is 16.6. The average molecular weight is 409 g/mol. The van der Waals surface area contributed by atoms with Crippen molar-refractivity contribution in [2.24, 2.45) is 0 Å². The largest absolute Gasteiger partial charge is 0.350 e. The maximum atomic E-state index is 12.5. The van der Waals surface area contributed by atoms with Gasteiger partial charge in [0, 0.05) is 19.0 Å². The number of nitrogens with one attached hydrogen (secondary N) is 1. The van der Waals surface area contributed by atoms with Gasteiger partial charge in [-0.1, -0.05) is 42.8 Å². The van der Waals surface area contributed by atoms with Gasteiger partial charge in [0.05, 0.1) is 16.5 Å². The zero-order chi connectivity index (χ0) is 21.7. The molecule has 2 aromatic carbocycles. The van der Waals surface area contributed by atoms with Crippen LogP contribution in [0.5, 0.6) is 0 Å². The molecule has 2 aromatic rings. The smallest absolute Gasteiger partial charge is 0.282 e. The van der Waals surface area contributed by atoms with Crippen molar-refractivity contribution in [2.75, 3.05) is 6.54 Å². The Morgan fingerprint density at radius 1 is 1.03 bits per heavy atom. The van der Waals surface area contributed by atoms with Crippen LogP contribution in [0, 0.1) is 10.1 Å². The first-order chi connectivity index (χ1) is 14.4. The van der Waals surface area contributed by atoms with E-state index >= 15 is 0 Å². The number of imide groups is 1. The fourth-order valence-electron chi connectivity index (χ4n) is 3.54. The van der Waals surface area contributed by atoms with Crippen LogP contribution in [0.25, 0.3) is 0 Å². The third-order valence-electron chi connectivity index (χ3n) is 5.14. The monoisotopic (exact) mass is 409 g/mol. The minimum atomic E-state index is -0.650. The van der Waals surface area contributed by atoms with Crippen molar-refractivity contribution in [3.63, 3.8) is 0 Å². The second kappa shape index (κ2) is 9.30. The van der Waals surface area contributed by atoms with Gasteiger partial charge in [0.2, 0.25) is 5.91 Å². The molecular weight excluding hydrogens is 386 g/mol. The number of nitro groups is 1. The van der Waals surface area contributed by atoms with Crippen molar-refractivity contribution in [2.45, 2.75) is 38.6 Å². The highest BCUT2D eigenvalue weighted by Crippen LogP contribution is 2.30. The van der Waals surface area contributed by atoms with Crippen molar-refractivity contribution >= 4 is 23.4 Å². The molecule has 0 saturated carbocycles. The van der Waals surface area contributed by atoms with Gasteiger partial charge in [0.15, 0.2) is 0 Å². The molecule has 0 radical (unpaired) electrons. The molecule has 8 nitrogen and oxygen atoms in total. The predicted molar refractivity (Wildman–Crippen MR) is 110 cm³/mol. The molecule has 0 aromatic heterocycles. The number of hydrogen-bond acceptors (Lipinski definition) is 5. The summed E-state index contributed by atoms with van der Waals surface area (Å²) < 4.78 is 0. The zero-order valence-electron chi connectivity index (χ0n) is 16.7. The van der Waals surface area contributed by atoms with E-state index < -0.39 is 16.7 Å². The summed E-state index contributed by atoms with van der Waals surface area (Å²) in [5.41, 5.74) is 0.619. The first kappa shape index (κ1) is 21.2. The number of unbranched alkanes of at least 4 members (excludes halogenated alkanes) is 2. The van der Waals surface area contributed by atoms with Crippen molar-refractivity contribution in [1.82, 2.24) is 10.2 Å². The van der Waals surface area contributed by atoms with Crippen LogP contribution in [0.3, 0.4) is 0 Å². The number of nitro benzene ring substituents is 1. The van der Waals surface area contributed by atoms with Crippen LogP contribution >= 0.6 is 0 Å². The van der Waals surface area contributed by atoms with E-state index in [-0.39, 0.29) is 35.3 Å². The topological polar surface area (TPSA) is 110 Å². The van der Waals surface area contributed by atoms with Gasteiger partial charge in [-0.05, 0) is 31.4 Å². The number of carbonyl (C=O) groups excluding carboxylic acids is 3. The number of hydrogen-bond donors (Lipinski definition) is 1. The van der Waals surface area contributed by atoms with E-state index in [1.807, 2.05) is 37.3 Å². The van der Waals surface area contributed by atoms with Crippen molar-refractivity contribution in [3.8, 4) is 0 Å². The highest BCUT2D eigenvalue weighted by molar-refractivity contribution is 6.23. The van der Waals surface area contributed by atoms with Crippen LogP contribution < -0.4 is 5.32 Å². The Labute approximate surface area is 174 Å². The van der Waals surface area contributed by atoms with Gasteiger partial charge < -0.3 is 5.32 Å². The molecule has 1 N–H and O–H groups in total. The molecule has 3 amide bonds. The second-order valence-corrected chi connectivity index (χ2v) is 7.23. The lowest BCUT2D eigenvalue weighted by atomic mass is 10.1. The lowest BCUT2D eigenvalue weighted by Crippen LogP contribution is -2.31. The van der Waals surface area contributed by atoms with Gasteiger partial charge >= 0.3 is 0 Å². The average Bonchev–Trinajstić information content (AvgIpc) is 2.98. The van der Waals surface area contributed by atoms with E-state index in [0.29, 0.717) is 25.7 Å². The lowest BCUT2D eigenvalue weighted by Gasteiger charge is -2.15. The van der Waals surface area contributed by atoms with E-state index in [1.54, 1.807) is 0 Å². The Kier molecular flexibility index (Phi) is 6.56. The van der Waals surface area contributed by atoms with Crippen molar-refractivity contribution in [3.05, 3.63) is 75.3 Å². The SMILES string of the molecule is C[C@H](NC(=O)CCCCCN1C(=O)c2cccc([N+](=O)[O-])c2C1=O)c1ccccc1. The molecule has 1 aliphatic rings. The molecule has 0 saturated heterocycles. The molecule has 1 atom stereocenters.